The standard InChI is InChI=1S/C26H36ClN2O3.2ClH/c1-26(2,19-28)25(30)32-20-29(15-7-4-8-16-29)17-18-31-24(21-9-5-3-6-10-21)22-11-13-23(27)14-12-22;;/h3,5-6,9-14,24H,4,7-8,15-20,28H2,1-2H3;2*1H/q+1;;/p-1. The van der Waals surface area contributed by atoms with Gasteiger partial charge < -0.3 is 27.6 Å². The first-order chi connectivity index (χ1) is 15.4. The molecule has 0 bridgehead atoms. The van der Waals surface area contributed by atoms with E-state index in [2.05, 4.69) is 12.1 Å². The van der Waals surface area contributed by atoms with Crippen LogP contribution in [0.15, 0.2) is 54.6 Å². The molecule has 190 valence electrons. The zero-order valence-electron chi connectivity index (χ0n) is 20.1. The number of carbonyl (C=O) groups is 1. The van der Waals surface area contributed by atoms with E-state index < -0.39 is 5.41 Å². The van der Waals surface area contributed by atoms with Gasteiger partial charge in [-0.05, 0) is 56.4 Å². The number of esters is 1. The lowest BCUT2D eigenvalue weighted by Crippen LogP contribution is -3.00. The molecule has 2 aromatic carbocycles. The highest BCUT2D eigenvalue weighted by molar-refractivity contribution is 6.30. The molecule has 1 aliphatic rings. The van der Waals surface area contributed by atoms with Crippen LogP contribution >= 0.6 is 24.0 Å². The Balaban J connectivity index is 0.00000289. The Morgan fingerprint density at radius 3 is 2.21 bits per heavy atom. The molecule has 1 fully saturated rings. The number of benzene rings is 2. The second-order valence-corrected chi connectivity index (χ2v) is 9.87. The third kappa shape index (κ3) is 8.40. The molecule has 0 aromatic heterocycles. The number of carbonyl (C=O) groups excluding carboxylic acids is 1. The number of nitrogens with two attached hydrogens (primary N) is 1. The third-order valence-electron chi connectivity index (χ3n) is 6.42. The number of rotatable bonds is 10. The molecule has 0 aliphatic carbocycles. The van der Waals surface area contributed by atoms with E-state index in [4.69, 9.17) is 26.8 Å². The van der Waals surface area contributed by atoms with Crippen LogP contribution in [-0.4, -0.2) is 50.0 Å². The lowest BCUT2D eigenvalue weighted by atomic mass is 9.94. The Hall–Kier alpha value is -1.34. The topological polar surface area (TPSA) is 61.6 Å². The number of ether oxygens (including phenoxy) is 2. The van der Waals surface area contributed by atoms with E-state index in [0.29, 0.717) is 18.4 Å². The molecule has 0 amide bonds. The van der Waals surface area contributed by atoms with Gasteiger partial charge in [0.1, 0.15) is 12.6 Å². The quantitative estimate of drug-likeness (QED) is 0.378. The van der Waals surface area contributed by atoms with Gasteiger partial charge in [0.05, 0.1) is 25.1 Å². The van der Waals surface area contributed by atoms with Crippen molar-refractivity contribution in [2.75, 3.05) is 39.5 Å². The third-order valence-corrected chi connectivity index (χ3v) is 6.67. The molecule has 1 heterocycles. The second-order valence-electron chi connectivity index (χ2n) is 9.44. The average Bonchev–Trinajstić information content (AvgIpc) is 2.82. The van der Waals surface area contributed by atoms with Crippen LogP contribution in [0.5, 0.6) is 0 Å². The van der Waals surface area contributed by atoms with E-state index >= 15 is 0 Å². The molecule has 8 heteroatoms. The molecule has 5 nitrogen and oxygen atoms in total. The predicted octanol–water partition coefficient (Wildman–Crippen LogP) is 2.36. The number of piperidine rings is 1. The van der Waals surface area contributed by atoms with E-state index in [0.717, 1.165) is 48.1 Å². The normalized spacial score (nSPS) is 16.0. The van der Waals surface area contributed by atoms with E-state index in [-0.39, 0.29) is 43.4 Å². The summed E-state index contributed by atoms with van der Waals surface area (Å²) < 4.78 is 13.0. The minimum Gasteiger partial charge on any atom is -1.00 e. The number of likely N-dealkylation sites (tertiary alicyclic amines) is 1. The van der Waals surface area contributed by atoms with Gasteiger partial charge in [0.2, 0.25) is 6.73 Å². The minimum atomic E-state index is -0.663. The maximum atomic E-state index is 12.5. The molecule has 3 rings (SSSR count). The number of hydrogen-bond acceptors (Lipinski definition) is 4. The molecule has 1 atom stereocenters. The van der Waals surface area contributed by atoms with Gasteiger partial charge in [-0.25, -0.2) is 0 Å². The smallest absolute Gasteiger partial charge is 0.317 e. The van der Waals surface area contributed by atoms with Crippen LogP contribution in [-0.2, 0) is 14.3 Å². The van der Waals surface area contributed by atoms with Crippen molar-refractivity contribution >= 4 is 30.0 Å². The first kappa shape index (κ1) is 30.7. The monoisotopic (exact) mass is 530 g/mol. The molecule has 34 heavy (non-hydrogen) atoms. The lowest BCUT2D eigenvalue weighted by molar-refractivity contribution is -0.948. The van der Waals surface area contributed by atoms with E-state index in [1.54, 1.807) is 0 Å². The largest absolute Gasteiger partial charge is 1.00 e. The van der Waals surface area contributed by atoms with E-state index in [9.17, 15) is 4.79 Å². The zero-order chi connectivity index (χ0) is 23.0. The Bertz CT molecular complexity index is 857. The van der Waals surface area contributed by atoms with Crippen LogP contribution in [0.4, 0.5) is 0 Å². The van der Waals surface area contributed by atoms with Crippen molar-refractivity contribution in [3.63, 3.8) is 0 Å². The van der Waals surface area contributed by atoms with Gasteiger partial charge in [-0.15, -0.1) is 12.4 Å². The summed E-state index contributed by atoms with van der Waals surface area (Å²) in [5.74, 6) is -0.229. The average molecular weight is 532 g/mol. The predicted molar refractivity (Wildman–Crippen MR) is 135 cm³/mol. The summed E-state index contributed by atoms with van der Waals surface area (Å²) in [7, 11) is 0. The highest BCUT2D eigenvalue weighted by atomic mass is 35.5. The highest BCUT2D eigenvalue weighted by Gasteiger charge is 2.35. The van der Waals surface area contributed by atoms with Gasteiger partial charge in [-0.3, -0.25) is 9.28 Å². The van der Waals surface area contributed by atoms with E-state index in [1.807, 2.05) is 56.3 Å². The lowest BCUT2D eigenvalue weighted by Gasteiger charge is -2.41. The van der Waals surface area contributed by atoms with Gasteiger partial charge in [-0.2, -0.15) is 0 Å². The maximum Gasteiger partial charge on any atom is 0.317 e. The fraction of sp³-hybridized carbons (Fsp3) is 0.500. The molecule has 0 saturated carbocycles. The van der Waals surface area contributed by atoms with Crippen LogP contribution in [0.2, 0.25) is 5.02 Å². The Morgan fingerprint density at radius 2 is 1.62 bits per heavy atom. The molecule has 2 N–H and O–H groups in total. The van der Waals surface area contributed by atoms with Crippen LogP contribution in [0.25, 0.3) is 0 Å². The summed E-state index contributed by atoms with van der Waals surface area (Å²) in [5.41, 5.74) is 7.26. The first-order valence-electron chi connectivity index (χ1n) is 11.5. The summed E-state index contributed by atoms with van der Waals surface area (Å²) in [5, 5.41) is 0.709. The SMILES string of the molecule is CC(C)(CN)C(=O)OC[N+]1(CCOC(c2ccccc2)c2ccc(Cl)cc2)CCCCC1.Cl.[Cl-]. The van der Waals surface area contributed by atoms with Crippen LogP contribution in [0, 0.1) is 5.41 Å². The Labute approximate surface area is 221 Å². The second kappa shape index (κ2) is 14.3. The summed E-state index contributed by atoms with van der Waals surface area (Å²) in [4.78, 5) is 12.5. The minimum absolute atomic E-state index is 0. The van der Waals surface area contributed by atoms with Crippen LogP contribution < -0.4 is 18.1 Å². The van der Waals surface area contributed by atoms with Crippen molar-refractivity contribution < 1.29 is 31.2 Å². The Morgan fingerprint density at radius 1 is 1.03 bits per heavy atom. The molecule has 1 aliphatic heterocycles. The zero-order valence-corrected chi connectivity index (χ0v) is 22.4. The van der Waals surface area contributed by atoms with Crippen molar-refractivity contribution in [1.82, 2.24) is 0 Å². The molecule has 1 unspecified atom stereocenters. The van der Waals surface area contributed by atoms with E-state index in [1.165, 1.54) is 6.42 Å². The summed E-state index contributed by atoms with van der Waals surface area (Å²) >= 11 is 6.10. The van der Waals surface area contributed by atoms with Gasteiger partial charge in [0.15, 0.2) is 0 Å². The summed E-state index contributed by atoms with van der Waals surface area (Å²) in [6.45, 7) is 7.67. The molecular weight excluding hydrogens is 495 g/mol. The molecular formula is C26H37Cl3N2O3. The first-order valence-corrected chi connectivity index (χ1v) is 11.9. The van der Waals surface area contributed by atoms with Crippen molar-refractivity contribution in [3.8, 4) is 0 Å². The van der Waals surface area contributed by atoms with Crippen molar-refractivity contribution in [2.24, 2.45) is 11.1 Å². The fourth-order valence-corrected chi connectivity index (χ4v) is 4.22. The van der Waals surface area contributed by atoms with Crippen LogP contribution in [0.1, 0.15) is 50.3 Å². The number of quaternary nitrogens is 1. The van der Waals surface area contributed by atoms with Gasteiger partial charge in [0, 0.05) is 11.6 Å². The molecule has 1 saturated heterocycles. The maximum absolute atomic E-state index is 12.5. The van der Waals surface area contributed by atoms with Crippen molar-refractivity contribution in [3.05, 3.63) is 70.7 Å². The van der Waals surface area contributed by atoms with Gasteiger partial charge in [-0.1, -0.05) is 54.1 Å². The Kier molecular flexibility index (Phi) is 12.9. The van der Waals surface area contributed by atoms with Crippen LogP contribution in [0.3, 0.4) is 0 Å². The summed E-state index contributed by atoms with van der Waals surface area (Å²) in [6, 6.07) is 18.1. The number of hydrogen-bond donors (Lipinski definition) is 1. The van der Waals surface area contributed by atoms with Gasteiger partial charge >= 0.3 is 5.97 Å². The molecule has 0 spiro atoms. The van der Waals surface area contributed by atoms with Crippen molar-refractivity contribution in [1.29, 1.82) is 0 Å². The molecule has 2 aromatic rings. The molecule has 0 radical (unpaired) electrons. The highest BCUT2D eigenvalue weighted by Crippen LogP contribution is 2.28. The number of halogens is 3. The summed E-state index contributed by atoms with van der Waals surface area (Å²) in [6.07, 6.45) is 3.33. The van der Waals surface area contributed by atoms with Gasteiger partial charge in [0.25, 0.3) is 0 Å². The fourth-order valence-electron chi connectivity index (χ4n) is 4.09. The van der Waals surface area contributed by atoms with Crippen molar-refractivity contribution in [2.45, 2.75) is 39.2 Å². The number of nitrogens with zero attached hydrogens (tertiary/aromatic N) is 1.